The highest BCUT2D eigenvalue weighted by atomic mass is 32.2. The summed E-state index contributed by atoms with van der Waals surface area (Å²) in [5.41, 5.74) is 0. The van der Waals surface area contributed by atoms with Crippen LogP contribution >= 0.6 is 10.8 Å². The molecule has 8 heavy (non-hydrogen) atoms. The molecule has 0 aliphatic carbocycles. The third-order valence-electron chi connectivity index (χ3n) is 0.928. The number of hydrogen-bond acceptors (Lipinski definition) is 3. The molecule has 4 nitrogen and oxygen atoms in total. The topological polar surface area (TPSA) is 63.9 Å². The molecule has 0 aromatic rings. The van der Waals surface area contributed by atoms with Crippen LogP contribution in [0.15, 0.2) is 0 Å². The summed E-state index contributed by atoms with van der Waals surface area (Å²) in [6.07, 6.45) is 0. The van der Waals surface area contributed by atoms with Crippen molar-refractivity contribution in [3.63, 3.8) is 0 Å². The Hall–Kier alpha value is 0.0600. The van der Waals surface area contributed by atoms with Crippen molar-refractivity contribution >= 4 is 15.9 Å². The third kappa shape index (κ3) is 0.910. The maximum atomic E-state index is 8.71. The second-order valence-electron chi connectivity index (χ2n) is 1.47. The third-order valence-corrected chi connectivity index (χ3v) is 2.13. The summed E-state index contributed by atoms with van der Waals surface area (Å²) in [6.45, 7) is 0.325. The fourth-order valence-electron chi connectivity index (χ4n) is 0.482. The van der Waals surface area contributed by atoms with E-state index in [0.29, 0.717) is 17.4 Å². The highest BCUT2D eigenvalue weighted by molar-refractivity contribution is 8.10. The van der Waals surface area contributed by atoms with Gasteiger partial charge in [0.05, 0.1) is 0 Å². The molecule has 0 aromatic carbocycles. The number of hydroxylamine groups is 2. The van der Waals surface area contributed by atoms with Gasteiger partial charge in [-0.3, -0.25) is 0 Å². The smallest absolute Gasteiger partial charge is 0.194 e. The molecule has 0 spiro atoms. The summed E-state index contributed by atoms with van der Waals surface area (Å²) in [5, 5.41) is 17.5. The van der Waals surface area contributed by atoms with Gasteiger partial charge in [0.1, 0.15) is 0 Å². The van der Waals surface area contributed by atoms with E-state index in [2.05, 4.69) is 0 Å². The first-order valence-corrected chi connectivity index (χ1v) is 3.49. The molecule has 0 saturated carbocycles. The van der Waals surface area contributed by atoms with Gasteiger partial charge in [0.25, 0.3) is 0 Å². The molecular weight excluding hydrogens is 130 g/mol. The lowest BCUT2D eigenvalue weighted by Gasteiger charge is -2.01. The molecule has 1 aliphatic heterocycles. The van der Waals surface area contributed by atoms with Crippen molar-refractivity contribution in [2.75, 3.05) is 12.3 Å². The summed E-state index contributed by atoms with van der Waals surface area (Å²) in [4.78, 5) is 0. The zero-order valence-electron chi connectivity index (χ0n) is 4.11. The second kappa shape index (κ2) is 2.12. The Morgan fingerprint density at radius 2 is 2.25 bits per heavy atom. The van der Waals surface area contributed by atoms with Gasteiger partial charge in [-0.15, -0.1) is 5.06 Å². The van der Waals surface area contributed by atoms with E-state index < -0.39 is 10.8 Å². The highest BCUT2D eigenvalue weighted by Gasteiger charge is 2.16. The first kappa shape index (κ1) is 6.18. The van der Waals surface area contributed by atoms with Crippen LogP contribution < -0.4 is 0 Å². The van der Waals surface area contributed by atoms with Gasteiger partial charge in [-0.2, -0.15) is 0 Å². The molecule has 48 valence electrons. The number of nitrogens with zero attached hydrogens (tertiary/aromatic N) is 1. The van der Waals surface area contributed by atoms with Crippen molar-refractivity contribution in [2.45, 2.75) is 0 Å². The molecule has 1 atom stereocenters. The first-order chi connectivity index (χ1) is 3.72. The highest BCUT2D eigenvalue weighted by Crippen LogP contribution is 2.15. The SMILES string of the molecule is OC1=S(O)CCN1O. The molecule has 1 unspecified atom stereocenters. The maximum absolute atomic E-state index is 8.71. The quantitative estimate of drug-likeness (QED) is 0.414. The Bertz CT molecular complexity index is 134. The fraction of sp³-hybridized carbons (Fsp3) is 0.667. The predicted octanol–water partition coefficient (Wildman–Crippen LogP) is 0.0785. The van der Waals surface area contributed by atoms with Gasteiger partial charge in [0.15, 0.2) is 5.17 Å². The van der Waals surface area contributed by atoms with Gasteiger partial charge in [0, 0.05) is 12.3 Å². The summed E-state index contributed by atoms with van der Waals surface area (Å²) in [7, 11) is -1.10. The Labute approximate surface area is 49.1 Å². The van der Waals surface area contributed by atoms with Crippen molar-refractivity contribution in [3.8, 4) is 0 Å². The number of rotatable bonds is 0. The minimum Gasteiger partial charge on any atom is -0.343 e. The molecule has 1 aliphatic rings. The lowest BCUT2D eigenvalue weighted by atomic mass is 10.7. The maximum Gasteiger partial charge on any atom is 0.194 e. The second-order valence-corrected chi connectivity index (χ2v) is 2.98. The van der Waals surface area contributed by atoms with E-state index >= 15 is 0 Å². The molecule has 0 aromatic heterocycles. The molecular formula is C3H7NO3S. The van der Waals surface area contributed by atoms with Crippen molar-refractivity contribution in [1.29, 1.82) is 0 Å². The van der Waals surface area contributed by atoms with Crippen LogP contribution in [0.3, 0.4) is 0 Å². The largest absolute Gasteiger partial charge is 0.343 e. The first-order valence-electron chi connectivity index (χ1n) is 2.14. The van der Waals surface area contributed by atoms with Gasteiger partial charge in [0.2, 0.25) is 0 Å². The number of hydrogen-bond donors (Lipinski definition) is 3. The van der Waals surface area contributed by atoms with Gasteiger partial charge < -0.3 is 14.9 Å². The van der Waals surface area contributed by atoms with Crippen LogP contribution in [-0.4, -0.2) is 37.4 Å². The average molecular weight is 137 g/mol. The summed E-state index contributed by atoms with van der Waals surface area (Å²) < 4.78 is 8.71. The van der Waals surface area contributed by atoms with Gasteiger partial charge in [-0.1, -0.05) is 0 Å². The predicted molar refractivity (Wildman–Crippen MR) is 31.2 cm³/mol. The molecule has 0 bridgehead atoms. The molecule has 0 fully saturated rings. The molecule has 5 heteroatoms. The lowest BCUT2D eigenvalue weighted by molar-refractivity contribution is -0.0199. The van der Waals surface area contributed by atoms with Crippen molar-refractivity contribution in [3.05, 3.63) is 0 Å². The summed E-state index contributed by atoms with van der Waals surface area (Å²) >= 11 is 0. The Morgan fingerprint density at radius 1 is 1.62 bits per heavy atom. The number of aliphatic hydroxyl groups excluding tert-OH is 1. The zero-order valence-corrected chi connectivity index (χ0v) is 4.93. The lowest BCUT2D eigenvalue weighted by Crippen LogP contribution is -2.22. The number of aliphatic hydroxyl groups is 1. The molecule has 0 radical (unpaired) electrons. The van der Waals surface area contributed by atoms with E-state index in [1.165, 1.54) is 0 Å². The Kier molecular flexibility index (Phi) is 1.64. The Balaban J connectivity index is 2.71. The molecule has 1 heterocycles. The molecule has 1 rings (SSSR count). The summed E-state index contributed by atoms with van der Waals surface area (Å²) in [6, 6.07) is 0. The standard InChI is InChI=1S/C3H7NO3S/c5-3-4(6)1-2-8(3)7/h5-7H,1-2H2. The minimum absolute atomic E-state index is 0.315. The molecule has 0 amide bonds. The normalized spacial score (nSPS) is 31.9. The zero-order chi connectivity index (χ0) is 6.15. The van der Waals surface area contributed by atoms with Crippen LogP contribution in [0.5, 0.6) is 0 Å². The van der Waals surface area contributed by atoms with Crippen LogP contribution in [0.4, 0.5) is 0 Å². The molecule has 3 N–H and O–H groups in total. The van der Waals surface area contributed by atoms with Gasteiger partial charge >= 0.3 is 0 Å². The van der Waals surface area contributed by atoms with E-state index in [9.17, 15) is 0 Å². The van der Waals surface area contributed by atoms with E-state index in [1.807, 2.05) is 0 Å². The van der Waals surface area contributed by atoms with E-state index in [-0.39, 0.29) is 5.17 Å². The van der Waals surface area contributed by atoms with Gasteiger partial charge in [-0.05, 0) is 10.8 Å². The van der Waals surface area contributed by atoms with Crippen LogP contribution in [0.1, 0.15) is 0 Å². The summed E-state index contributed by atoms with van der Waals surface area (Å²) in [5.74, 6) is 0.433. The van der Waals surface area contributed by atoms with E-state index in [4.69, 9.17) is 14.9 Å². The van der Waals surface area contributed by atoms with Crippen LogP contribution in [0, 0.1) is 0 Å². The van der Waals surface area contributed by atoms with Crippen LogP contribution in [0.25, 0.3) is 0 Å². The van der Waals surface area contributed by atoms with Crippen molar-refractivity contribution < 1.29 is 14.9 Å². The van der Waals surface area contributed by atoms with Crippen molar-refractivity contribution in [2.24, 2.45) is 0 Å². The van der Waals surface area contributed by atoms with Crippen LogP contribution in [0.2, 0.25) is 0 Å². The minimum atomic E-state index is -1.10. The van der Waals surface area contributed by atoms with Gasteiger partial charge in [-0.25, -0.2) is 0 Å². The van der Waals surface area contributed by atoms with E-state index in [0.717, 1.165) is 0 Å². The monoisotopic (exact) mass is 137 g/mol. The fourth-order valence-corrected chi connectivity index (χ4v) is 1.34. The Morgan fingerprint density at radius 3 is 2.38 bits per heavy atom. The molecule has 0 saturated heterocycles. The van der Waals surface area contributed by atoms with Crippen LogP contribution in [-0.2, 0) is 0 Å². The van der Waals surface area contributed by atoms with Crippen molar-refractivity contribution in [1.82, 2.24) is 5.06 Å². The average Bonchev–Trinajstić information content (AvgIpc) is 1.98. The van der Waals surface area contributed by atoms with E-state index in [1.54, 1.807) is 0 Å².